The summed E-state index contributed by atoms with van der Waals surface area (Å²) in [5.74, 6) is -0.747. The molecule has 2 rings (SSSR count). The molecule has 18 heavy (non-hydrogen) atoms. The molecule has 1 aromatic heterocycles. The van der Waals surface area contributed by atoms with Gasteiger partial charge in [-0.2, -0.15) is 0 Å². The molecule has 0 aliphatic heterocycles. The third-order valence-electron chi connectivity index (χ3n) is 2.36. The molecule has 0 fully saturated rings. The highest BCUT2D eigenvalue weighted by Crippen LogP contribution is 2.28. The predicted octanol–water partition coefficient (Wildman–Crippen LogP) is 3.38. The van der Waals surface area contributed by atoms with Gasteiger partial charge in [-0.1, -0.05) is 18.5 Å². The van der Waals surface area contributed by atoms with Gasteiger partial charge < -0.3 is 9.73 Å². The number of nitrogens with one attached hydrogen (secondary N) is 1. The van der Waals surface area contributed by atoms with Gasteiger partial charge in [-0.3, -0.25) is 0 Å². The number of rotatable bonds is 4. The topological polar surface area (TPSA) is 38.1 Å². The third kappa shape index (κ3) is 2.68. The molecule has 0 spiro atoms. The number of benzene rings is 1. The predicted molar refractivity (Wildman–Crippen MR) is 64.2 cm³/mol. The zero-order chi connectivity index (χ0) is 13.1. The van der Waals surface area contributed by atoms with Gasteiger partial charge in [0.25, 0.3) is 0 Å². The van der Waals surface area contributed by atoms with E-state index in [4.69, 9.17) is 16.0 Å². The van der Waals surface area contributed by atoms with Gasteiger partial charge in [0.05, 0.1) is 23.3 Å². The highest BCUT2D eigenvalue weighted by Gasteiger charge is 2.14. The Bertz CT molecular complexity index is 557. The van der Waals surface area contributed by atoms with Crippen molar-refractivity contribution in [1.82, 2.24) is 10.3 Å². The molecule has 1 heterocycles. The lowest BCUT2D eigenvalue weighted by Gasteiger charge is -2.01. The highest BCUT2D eigenvalue weighted by atomic mass is 35.5. The van der Waals surface area contributed by atoms with Gasteiger partial charge in [0.2, 0.25) is 5.89 Å². The van der Waals surface area contributed by atoms with Crippen molar-refractivity contribution < 1.29 is 13.2 Å². The summed E-state index contributed by atoms with van der Waals surface area (Å²) in [7, 11) is 0. The first kappa shape index (κ1) is 13.0. The van der Waals surface area contributed by atoms with Crippen LogP contribution in [0, 0.1) is 11.6 Å². The van der Waals surface area contributed by atoms with E-state index in [2.05, 4.69) is 10.3 Å². The van der Waals surface area contributed by atoms with Crippen LogP contribution in [0.4, 0.5) is 8.78 Å². The van der Waals surface area contributed by atoms with Gasteiger partial charge in [-0.15, -0.1) is 0 Å². The monoisotopic (exact) mass is 272 g/mol. The Morgan fingerprint density at radius 2 is 2.11 bits per heavy atom. The van der Waals surface area contributed by atoms with Crippen LogP contribution in [0.5, 0.6) is 0 Å². The van der Waals surface area contributed by atoms with Crippen LogP contribution in [0.1, 0.15) is 12.8 Å². The van der Waals surface area contributed by atoms with Crippen LogP contribution in [0.25, 0.3) is 11.3 Å². The second kappa shape index (κ2) is 5.46. The summed E-state index contributed by atoms with van der Waals surface area (Å²) in [6.45, 7) is 3.15. The van der Waals surface area contributed by atoms with Crippen LogP contribution in [0.2, 0.25) is 5.02 Å². The minimum Gasteiger partial charge on any atom is -0.439 e. The molecule has 0 saturated carbocycles. The Kier molecular flexibility index (Phi) is 3.93. The Morgan fingerprint density at radius 1 is 1.33 bits per heavy atom. The van der Waals surface area contributed by atoms with Crippen molar-refractivity contribution in [2.24, 2.45) is 0 Å². The van der Waals surface area contributed by atoms with Crippen molar-refractivity contribution in [2.45, 2.75) is 13.5 Å². The number of halogens is 3. The molecular formula is C12H11ClF2N2O. The van der Waals surface area contributed by atoms with E-state index in [1.165, 1.54) is 6.20 Å². The maximum Gasteiger partial charge on any atom is 0.208 e. The fraction of sp³-hybridized carbons (Fsp3) is 0.250. The van der Waals surface area contributed by atoms with Gasteiger partial charge >= 0.3 is 0 Å². The number of aromatic nitrogens is 1. The molecule has 0 unspecified atom stereocenters. The number of hydrogen-bond acceptors (Lipinski definition) is 3. The SMILES string of the molecule is CCNCc1ncc(-c2cc(F)c(Cl)cc2F)o1. The molecule has 0 saturated heterocycles. The minimum atomic E-state index is -0.697. The van der Waals surface area contributed by atoms with Crippen molar-refractivity contribution in [3.63, 3.8) is 0 Å². The molecule has 0 atom stereocenters. The Hall–Kier alpha value is -1.46. The fourth-order valence-corrected chi connectivity index (χ4v) is 1.61. The zero-order valence-corrected chi connectivity index (χ0v) is 10.4. The number of nitrogens with zero attached hydrogens (tertiary/aromatic N) is 1. The fourth-order valence-electron chi connectivity index (χ4n) is 1.46. The summed E-state index contributed by atoms with van der Waals surface area (Å²) in [5.41, 5.74) is 0.00662. The van der Waals surface area contributed by atoms with E-state index < -0.39 is 11.6 Å². The molecule has 0 bridgehead atoms. The van der Waals surface area contributed by atoms with Gasteiger partial charge in [0.15, 0.2) is 5.76 Å². The average molecular weight is 273 g/mol. The van der Waals surface area contributed by atoms with Crippen LogP contribution in [-0.2, 0) is 6.54 Å². The van der Waals surface area contributed by atoms with Crippen molar-refractivity contribution in [3.8, 4) is 11.3 Å². The van der Waals surface area contributed by atoms with Crippen LogP contribution < -0.4 is 5.32 Å². The summed E-state index contributed by atoms with van der Waals surface area (Å²) in [6, 6.07) is 1.91. The molecule has 0 radical (unpaired) electrons. The smallest absolute Gasteiger partial charge is 0.208 e. The zero-order valence-electron chi connectivity index (χ0n) is 9.64. The van der Waals surface area contributed by atoms with Gasteiger partial charge in [-0.05, 0) is 18.7 Å². The standard InChI is InChI=1S/C12H11ClF2N2O/c1-2-16-6-12-17-5-11(18-12)7-3-10(15)8(13)4-9(7)14/h3-5,16H,2,6H2,1H3. The molecule has 2 aromatic rings. The number of hydrogen-bond donors (Lipinski definition) is 1. The summed E-state index contributed by atoms with van der Waals surface area (Å²) in [6.07, 6.45) is 1.36. The maximum absolute atomic E-state index is 13.6. The van der Waals surface area contributed by atoms with Gasteiger partial charge in [0, 0.05) is 0 Å². The Balaban J connectivity index is 2.31. The van der Waals surface area contributed by atoms with E-state index in [9.17, 15) is 8.78 Å². The highest BCUT2D eigenvalue weighted by molar-refractivity contribution is 6.30. The van der Waals surface area contributed by atoms with E-state index in [1.807, 2.05) is 6.92 Å². The first-order valence-corrected chi connectivity index (χ1v) is 5.80. The molecule has 0 amide bonds. The summed E-state index contributed by atoms with van der Waals surface area (Å²) in [4.78, 5) is 3.97. The van der Waals surface area contributed by atoms with E-state index in [1.54, 1.807) is 0 Å². The number of oxazole rings is 1. The molecule has 1 N–H and O–H groups in total. The van der Waals surface area contributed by atoms with Crippen LogP contribution in [-0.4, -0.2) is 11.5 Å². The maximum atomic E-state index is 13.6. The van der Waals surface area contributed by atoms with E-state index in [0.29, 0.717) is 12.4 Å². The first-order chi connectivity index (χ1) is 8.61. The normalized spacial score (nSPS) is 10.9. The Labute approximate surface area is 108 Å². The molecule has 96 valence electrons. The van der Waals surface area contributed by atoms with E-state index >= 15 is 0 Å². The molecular weight excluding hydrogens is 262 g/mol. The lowest BCUT2D eigenvalue weighted by Crippen LogP contribution is -2.11. The minimum absolute atomic E-state index is 0.00662. The molecule has 0 aliphatic rings. The Morgan fingerprint density at radius 3 is 2.83 bits per heavy atom. The molecule has 6 heteroatoms. The summed E-state index contributed by atoms with van der Waals surface area (Å²) in [5, 5.41) is 2.76. The molecule has 1 aromatic carbocycles. The van der Waals surface area contributed by atoms with Crippen molar-refractivity contribution >= 4 is 11.6 Å². The average Bonchev–Trinajstić information content (AvgIpc) is 2.79. The second-order valence-corrected chi connectivity index (χ2v) is 4.05. The second-order valence-electron chi connectivity index (χ2n) is 3.64. The third-order valence-corrected chi connectivity index (χ3v) is 2.64. The van der Waals surface area contributed by atoms with Crippen LogP contribution >= 0.6 is 11.6 Å². The first-order valence-electron chi connectivity index (χ1n) is 5.42. The van der Waals surface area contributed by atoms with Crippen molar-refractivity contribution in [1.29, 1.82) is 0 Å². The molecule has 0 aliphatic carbocycles. The van der Waals surface area contributed by atoms with Crippen LogP contribution in [0.15, 0.2) is 22.7 Å². The molecule has 3 nitrogen and oxygen atoms in total. The van der Waals surface area contributed by atoms with E-state index in [0.717, 1.165) is 18.7 Å². The van der Waals surface area contributed by atoms with Gasteiger partial charge in [0.1, 0.15) is 11.6 Å². The van der Waals surface area contributed by atoms with E-state index in [-0.39, 0.29) is 16.3 Å². The van der Waals surface area contributed by atoms with Crippen molar-refractivity contribution in [3.05, 3.63) is 40.9 Å². The van der Waals surface area contributed by atoms with Crippen LogP contribution in [0.3, 0.4) is 0 Å². The summed E-state index contributed by atoms with van der Waals surface area (Å²) < 4.78 is 32.2. The largest absolute Gasteiger partial charge is 0.439 e. The van der Waals surface area contributed by atoms with Gasteiger partial charge in [-0.25, -0.2) is 13.8 Å². The van der Waals surface area contributed by atoms with Crippen molar-refractivity contribution in [2.75, 3.05) is 6.54 Å². The lowest BCUT2D eigenvalue weighted by molar-refractivity contribution is 0.479. The quantitative estimate of drug-likeness (QED) is 0.867. The lowest BCUT2D eigenvalue weighted by atomic mass is 10.1. The summed E-state index contributed by atoms with van der Waals surface area (Å²) >= 11 is 5.48.